The molecule has 1 amide bonds. The molecule has 1 aromatic rings. The van der Waals surface area contributed by atoms with Crippen LogP contribution in [0.5, 0.6) is 11.5 Å². The van der Waals surface area contributed by atoms with Crippen molar-refractivity contribution in [2.75, 3.05) is 46.7 Å². The van der Waals surface area contributed by atoms with Gasteiger partial charge in [-0.1, -0.05) is 12.1 Å². The molecule has 0 unspecified atom stereocenters. The molecule has 1 saturated heterocycles. The predicted molar refractivity (Wildman–Crippen MR) is 92.0 cm³/mol. The zero-order chi connectivity index (χ0) is 18.6. The number of carbonyl (C=O) groups excluding carboxylic acids is 1. The lowest BCUT2D eigenvalue weighted by atomic mass is 10.1. The number of aliphatic hydroxyl groups excluding tert-OH is 1. The van der Waals surface area contributed by atoms with E-state index in [1.54, 1.807) is 24.3 Å². The Morgan fingerprint density at radius 3 is 2.52 bits per heavy atom. The van der Waals surface area contributed by atoms with Gasteiger partial charge in [-0.15, -0.1) is 0 Å². The summed E-state index contributed by atoms with van der Waals surface area (Å²) in [6, 6.07) is 6.98. The number of sulfonamides is 1. The second-order valence-corrected chi connectivity index (χ2v) is 8.35. The second-order valence-electron chi connectivity index (χ2n) is 6.13. The molecule has 0 bridgehead atoms. The van der Waals surface area contributed by atoms with Crippen LogP contribution < -0.4 is 9.47 Å². The molecule has 1 fully saturated rings. The van der Waals surface area contributed by atoms with Crippen molar-refractivity contribution in [2.45, 2.75) is 6.10 Å². The summed E-state index contributed by atoms with van der Waals surface area (Å²) in [4.78, 5) is 13.7. The average molecular weight is 372 g/mol. The van der Waals surface area contributed by atoms with E-state index in [-0.39, 0.29) is 31.4 Å². The van der Waals surface area contributed by atoms with E-state index in [4.69, 9.17) is 9.47 Å². The quantitative estimate of drug-likeness (QED) is 0.711. The number of hydrogen-bond donors (Lipinski definition) is 1. The van der Waals surface area contributed by atoms with E-state index in [2.05, 4.69) is 0 Å². The third kappa shape index (κ3) is 4.83. The van der Waals surface area contributed by atoms with Crippen molar-refractivity contribution in [1.82, 2.24) is 9.21 Å². The molecule has 140 valence electrons. The topological polar surface area (TPSA) is 96.4 Å². The van der Waals surface area contributed by atoms with Crippen LogP contribution in [0.15, 0.2) is 24.3 Å². The molecule has 1 N–H and O–H groups in total. The highest BCUT2D eigenvalue weighted by atomic mass is 32.2. The average Bonchev–Trinajstić information content (AvgIpc) is 2.93. The molecule has 9 heteroatoms. The molecule has 1 heterocycles. The highest BCUT2D eigenvalue weighted by Gasteiger charge is 2.37. The summed E-state index contributed by atoms with van der Waals surface area (Å²) in [5.74, 6) is -0.0490. The molecule has 1 aromatic carbocycles. The van der Waals surface area contributed by atoms with Crippen molar-refractivity contribution in [3.63, 3.8) is 0 Å². The molecular formula is C16H24N2O6S. The van der Waals surface area contributed by atoms with Crippen LogP contribution in [0.3, 0.4) is 0 Å². The van der Waals surface area contributed by atoms with Crippen molar-refractivity contribution in [3.05, 3.63) is 24.3 Å². The van der Waals surface area contributed by atoms with Crippen LogP contribution in [0.4, 0.5) is 0 Å². The molecule has 1 aliphatic heterocycles. The lowest BCUT2D eigenvalue weighted by molar-refractivity contribution is -0.132. The molecule has 0 aromatic heterocycles. The number of nitrogens with zero attached hydrogens (tertiary/aromatic N) is 2. The van der Waals surface area contributed by atoms with Gasteiger partial charge in [-0.05, 0) is 12.1 Å². The molecule has 2 atom stereocenters. The van der Waals surface area contributed by atoms with Gasteiger partial charge in [-0.25, -0.2) is 12.7 Å². The summed E-state index contributed by atoms with van der Waals surface area (Å²) in [6.45, 7) is 0.0737. The Labute approximate surface area is 148 Å². The van der Waals surface area contributed by atoms with Crippen LogP contribution in [-0.4, -0.2) is 81.4 Å². The number of rotatable bonds is 7. The lowest BCUT2D eigenvalue weighted by Gasteiger charge is -2.18. The van der Waals surface area contributed by atoms with Gasteiger partial charge in [0.2, 0.25) is 10.0 Å². The first-order valence-electron chi connectivity index (χ1n) is 7.86. The fourth-order valence-corrected chi connectivity index (χ4v) is 3.78. The van der Waals surface area contributed by atoms with Gasteiger partial charge in [0, 0.05) is 33.1 Å². The van der Waals surface area contributed by atoms with Gasteiger partial charge in [-0.3, -0.25) is 4.79 Å². The van der Waals surface area contributed by atoms with Crippen molar-refractivity contribution >= 4 is 15.9 Å². The van der Waals surface area contributed by atoms with Crippen molar-refractivity contribution in [3.8, 4) is 11.5 Å². The normalized spacial score (nSPS) is 20.8. The number of para-hydroxylation sites is 2. The largest absolute Gasteiger partial charge is 0.493 e. The second kappa shape index (κ2) is 8.03. The molecule has 0 radical (unpaired) electrons. The minimum absolute atomic E-state index is 0.0989. The SMILES string of the molecule is COc1ccccc1OCC(=O)N1C[C@@H](CS(=O)(=O)N(C)C)[C@H](O)C1. The minimum Gasteiger partial charge on any atom is -0.493 e. The number of β-amino-alcohol motifs (C(OH)–C–C–N with tert-alkyl or cyclic N) is 1. The molecular weight excluding hydrogens is 348 g/mol. The minimum atomic E-state index is -3.44. The van der Waals surface area contributed by atoms with E-state index in [0.29, 0.717) is 11.5 Å². The van der Waals surface area contributed by atoms with Crippen LogP contribution in [0.1, 0.15) is 0 Å². The van der Waals surface area contributed by atoms with Crippen LogP contribution in [0.25, 0.3) is 0 Å². The third-order valence-electron chi connectivity index (χ3n) is 4.16. The first-order chi connectivity index (χ1) is 11.7. The number of methoxy groups -OCH3 is 1. The summed E-state index contributed by atoms with van der Waals surface area (Å²) in [5.41, 5.74) is 0. The zero-order valence-corrected chi connectivity index (χ0v) is 15.4. The van der Waals surface area contributed by atoms with Gasteiger partial charge < -0.3 is 19.5 Å². The monoisotopic (exact) mass is 372 g/mol. The van der Waals surface area contributed by atoms with Crippen molar-refractivity contribution in [1.29, 1.82) is 0 Å². The van der Waals surface area contributed by atoms with E-state index in [0.717, 1.165) is 4.31 Å². The van der Waals surface area contributed by atoms with E-state index in [1.165, 1.54) is 26.1 Å². The Kier molecular flexibility index (Phi) is 6.26. The summed E-state index contributed by atoms with van der Waals surface area (Å²) < 4.78 is 35.7. The third-order valence-corrected chi connectivity index (χ3v) is 6.12. The van der Waals surface area contributed by atoms with Gasteiger partial charge in [-0.2, -0.15) is 0 Å². The lowest BCUT2D eigenvalue weighted by Crippen LogP contribution is -2.35. The van der Waals surface area contributed by atoms with Gasteiger partial charge in [0.25, 0.3) is 5.91 Å². The number of amides is 1. The highest BCUT2D eigenvalue weighted by molar-refractivity contribution is 7.89. The first kappa shape index (κ1) is 19.5. The maximum atomic E-state index is 12.3. The van der Waals surface area contributed by atoms with Gasteiger partial charge in [0.1, 0.15) is 0 Å². The van der Waals surface area contributed by atoms with Crippen LogP contribution in [0, 0.1) is 5.92 Å². The number of hydrogen-bond acceptors (Lipinski definition) is 6. The molecule has 0 aliphatic carbocycles. The predicted octanol–water partition coefficient (Wildman–Crippen LogP) is -0.215. The van der Waals surface area contributed by atoms with E-state index in [1.807, 2.05) is 0 Å². The van der Waals surface area contributed by atoms with Crippen molar-refractivity contribution < 1.29 is 27.8 Å². The van der Waals surface area contributed by atoms with Gasteiger partial charge >= 0.3 is 0 Å². The summed E-state index contributed by atoms with van der Waals surface area (Å²) in [5, 5.41) is 10.1. The molecule has 0 saturated carbocycles. The molecule has 2 rings (SSSR count). The van der Waals surface area contributed by atoms with Gasteiger partial charge in [0.05, 0.1) is 19.0 Å². The maximum Gasteiger partial charge on any atom is 0.260 e. The Hall–Kier alpha value is -1.84. The Morgan fingerprint density at radius 2 is 1.92 bits per heavy atom. The van der Waals surface area contributed by atoms with Crippen LogP contribution >= 0.6 is 0 Å². The maximum absolute atomic E-state index is 12.3. The van der Waals surface area contributed by atoms with Crippen molar-refractivity contribution in [2.24, 2.45) is 5.92 Å². The molecule has 25 heavy (non-hydrogen) atoms. The Balaban J connectivity index is 1.93. The number of carbonyl (C=O) groups is 1. The summed E-state index contributed by atoms with van der Waals surface area (Å²) in [6.07, 6.45) is -0.870. The Morgan fingerprint density at radius 1 is 1.28 bits per heavy atom. The first-order valence-corrected chi connectivity index (χ1v) is 9.47. The van der Waals surface area contributed by atoms with E-state index < -0.39 is 22.0 Å². The van der Waals surface area contributed by atoms with Crippen LogP contribution in [-0.2, 0) is 14.8 Å². The smallest absolute Gasteiger partial charge is 0.260 e. The molecule has 1 aliphatic rings. The Bertz CT molecular complexity index is 706. The number of aliphatic hydroxyl groups is 1. The summed E-state index contributed by atoms with van der Waals surface area (Å²) >= 11 is 0. The van der Waals surface area contributed by atoms with Gasteiger partial charge in [0.15, 0.2) is 18.1 Å². The molecule has 0 spiro atoms. The fourth-order valence-electron chi connectivity index (χ4n) is 2.61. The van der Waals surface area contributed by atoms with E-state index in [9.17, 15) is 18.3 Å². The summed E-state index contributed by atoms with van der Waals surface area (Å²) in [7, 11) is 0.960. The highest BCUT2D eigenvalue weighted by Crippen LogP contribution is 2.26. The number of benzene rings is 1. The number of likely N-dealkylation sites (tertiary alicyclic amines) is 1. The van der Waals surface area contributed by atoms with Crippen LogP contribution in [0.2, 0.25) is 0 Å². The standard InChI is InChI=1S/C16H24N2O6S/c1-17(2)25(21,22)11-12-8-18(9-13(12)19)16(20)10-24-15-7-5-4-6-14(15)23-3/h4-7,12-13,19H,8-11H2,1-3H3/t12-,13+/m0/s1. The molecule has 8 nitrogen and oxygen atoms in total. The van der Waals surface area contributed by atoms with E-state index >= 15 is 0 Å². The zero-order valence-electron chi connectivity index (χ0n) is 14.6. The fraction of sp³-hybridized carbons (Fsp3) is 0.562. The number of ether oxygens (including phenoxy) is 2.